The number of carboxylic acid groups (broad SMARTS) is 1. The summed E-state index contributed by atoms with van der Waals surface area (Å²) < 4.78 is 16.1. The summed E-state index contributed by atoms with van der Waals surface area (Å²) in [5.41, 5.74) is 0.953. The van der Waals surface area contributed by atoms with Crippen LogP contribution in [0.3, 0.4) is 0 Å². The van der Waals surface area contributed by atoms with Crippen molar-refractivity contribution in [3.63, 3.8) is 0 Å². The van der Waals surface area contributed by atoms with E-state index in [0.29, 0.717) is 17.4 Å². The molecule has 6 nitrogen and oxygen atoms in total. The highest BCUT2D eigenvalue weighted by molar-refractivity contribution is 5.88. The van der Waals surface area contributed by atoms with Gasteiger partial charge in [-0.2, -0.15) is 0 Å². The van der Waals surface area contributed by atoms with E-state index in [0.717, 1.165) is 11.5 Å². The van der Waals surface area contributed by atoms with Gasteiger partial charge in [-0.3, -0.25) is 0 Å². The van der Waals surface area contributed by atoms with E-state index in [1.807, 2.05) is 13.8 Å². The Morgan fingerprint density at radius 2 is 2.10 bits per heavy atom. The molecule has 0 amide bonds. The van der Waals surface area contributed by atoms with Crippen molar-refractivity contribution in [2.24, 2.45) is 0 Å². The van der Waals surface area contributed by atoms with Gasteiger partial charge in [0.1, 0.15) is 5.76 Å². The Morgan fingerprint density at radius 1 is 1.35 bits per heavy atom. The Balaban J connectivity index is 2.14. The highest BCUT2D eigenvalue weighted by Gasteiger charge is 2.12. The summed E-state index contributed by atoms with van der Waals surface area (Å²) in [6, 6.07) is 4.40. The van der Waals surface area contributed by atoms with Crippen LogP contribution in [0.25, 0.3) is 0 Å². The zero-order valence-corrected chi connectivity index (χ0v) is 11.5. The predicted molar refractivity (Wildman–Crippen MR) is 70.3 cm³/mol. The Hall–Kier alpha value is -2.50. The molecule has 0 unspecified atom stereocenters. The number of oxazole rings is 1. The number of carboxylic acids is 1. The molecule has 0 aliphatic rings. The minimum Gasteiger partial charge on any atom is -0.493 e. The number of hydrogen-bond donors (Lipinski definition) is 1. The normalized spacial score (nSPS) is 10.3. The van der Waals surface area contributed by atoms with Gasteiger partial charge in [0.05, 0.1) is 18.4 Å². The molecule has 0 fully saturated rings. The molecule has 1 heterocycles. The number of hydrogen-bond acceptors (Lipinski definition) is 5. The molecule has 0 saturated carbocycles. The van der Waals surface area contributed by atoms with Gasteiger partial charge in [-0.05, 0) is 32.0 Å². The standard InChI is InChI=1S/C14H15NO5/c1-8-9(2)20-13(15-8)7-19-11-5-4-10(14(16)17)6-12(11)18-3/h4-6H,7H2,1-3H3,(H,16,17). The molecular formula is C14H15NO5. The Labute approximate surface area is 116 Å². The average molecular weight is 277 g/mol. The third-order valence-electron chi connectivity index (χ3n) is 2.83. The van der Waals surface area contributed by atoms with Crippen LogP contribution in [0.4, 0.5) is 0 Å². The number of nitrogens with zero attached hydrogens (tertiary/aromatic N) is 1. The molecule has 1 aromatic heterocycles. The zero-order chi connectivity index (χ0) is 14.7. The zero-order valence-electron chi connectivity index (χ0n) is 11.5. The number of ether oxygens (including phenoxy) is 2. The third kappa shape index (κ3) is 2.90. The molecule has 0 spiro atoms. The summed E-state index contributed by atoms with van der Waals surface area (Å²) in [6.45, 7) is 3.83. The monoisotopic (exact) mass is 277 g/mol. The van der Waals surface area contributed by atoms with Crippen molar-refractivity contribution in [2.45, 2.75) is 20.5 Å². The third-order valence-corrected chi connectivity index (χ3v) is 2.83. The van der Waals surface area contributed by atoms with Crippen molar-refractivity contribution < 1.29 is 23.8 Å². The van der Waals surface area contributed by atoms with Gasteiger partial charge in [0.2, 0.25) is 5.89 Å². The molecular weight excluding hydrogens is 262 g/mol. The van der Waals surface area contributed by atoms with Crippen LogP contribution >= 0.6 is 0 Å². The highest BCUT2D eigenvalue weighted by atomic mass is 16.5. The van der Waals surface area contributed by atoms with Crippen molar-refractivity contribution in [1.82, 2.24) is 4.98 Å². The summed E-state index contributed by atoms with van der Waals surface area (Å²) in [7, 11) is 1.45. The Bertz CT molecular complexity index is 613. The van der Waals surface area contributed by atoms with Gasteiger partial charge in [-0.25, -0.2) is 9.78 Å². The minimum absolute atomic E-state index is 0.136. The second kappa shape index (κ2) is 5.64. The first-order chi connectivity index (χ1) is 9.51. The van der Waals surface area contributed by atoms with Gasteiger partial charge in [-0.1, -0.05) is 0 Å². The van der Waals surface area contributed by atoms with Crippen molar-refractivity contribution in [1.29, 1.82) is 0 Å². The van der Waals surface area contributed by atoms with Crippen molar-refractivity contribution in [3.8, 4) is 11.5 Å². The van der Waals surface area contributed by atoms with Crippen LogP contribution in [0.5, 0.6) is 11.5 Å². The number of methoxy groups -OCH3 is 1. The highest BCUT2D eigenvalue weighted by Crippen LogP contribution is 2.28. The number of aromatic nitrogens is 1. The molecule has 0 aliphatic heterocycles. The molecule has 2 rings (SSSR count). The molecule has 2 aromatic rings. The van der Waals surface area contributed by atoms with Gasteiger partial charge in [0.25, 0.3) is 0 Å². The molecule has 20 heavy (non-hydrogen) atoms. The van der Waals surface area contributed by atoms with Crippen molar-refractivity contribution in [3.05, 3.63) is 41.1 Å². The van der Waals surface area contributed by atoms with Crippen LogP contribution < -0.4 is 9.47 Å². The van der Waals surface area contributed by atoms with E-state index in [1.165, 1.54) is 19.2 Å². The summed E-state index contributed by atoms with van der Waals surface area (Å²) >= 11 is 0. The van der Waals surface area contributed by atoms with Crippen molar-refractivity contribution >= 4 is 5.97 Å². The van der Waals surface area contributed by atoms with Gasteiger partial charge in [-0.15, -0.1) is 0 Å². The van der Waals surface area contributed by atoms with E-state index in [9.17, 15) is 4.79 Å². The molecule has 106 valence electrons. The lowest BCUT2D eigenvalue weighted by molar-refractivity contribution is 0.0696. The van der Waals surface area contributed by atoms with Gasteiger partial charge in [0, 0.05) is 0 Å². The smallest absolute Gasteiger partial charge is 0.335 e. The fourth-order valence-corrected chi connectivity index (χ4v) is 1.66. The van der Waals surface area contributed by atoms with Crippen LogP contribution in [0, 0.1) is 13.8 Å². The van der Waals surface area contributed by atoms with Crippen molar-refractivity contribution in [2.75, 3.05) is 7.11 Å². The van der Waals surface area contributed by atoms with Gasteiger partial charge < -0.3 is 19.0 Å². The predicted octanol–water partition coefficient (Wildman–Crippen LogP) is 2.58. The van der Waals surface area contributed by atoms with Crippen LogP contribution in [-0.2, 0) is 6.61 Å². The SMILES string of the molecule is COc1cc(C(=O)O)ccc1OCc1nc(C)c(C)o1. The average Bonchev–Trinajstić information content (AvgIpc) is 2.75. The second-order valence-corrected chi connectivity index (χ2v) is 4.21. The van der Waals surface area contributed by atoms with E-state index in [4.69, 9.17) is 19.0 Å². The van der Waals surface area contributed by atoms with Crippen LogP contribution in [-0.4, -0.2) is 23.2 Å². The van der Waals surface area contributed by atoms with E-state index in [1.54, 1.807) is 6.07 Å². The topological polar surface area (TPSA) is 81.8 Å². The van der Waals surface area contributed by atoms with Gasteiger partial charge >= 0.3 is 5.97 Å². The maximum absolute atomic E-state index is 10.9. The van der Waals surface area contributed by atoms with Crippen LogP contribution in [0.2, 0.25) is 0 Å². The summed E-state index contributed by atoms with van der Waals surface area (Å²) in [5, 5.41) is 8.92. The lowest BCUT2D eigenvalue weighted by Gasteiger charge is -2.09. The number of aryl methyl sites for hydroxylation is 2. The van der Waals surface area contributed by atoms with E-state index >= 15 is 0 Å². The lowest BCUT2D eigenvalue weighted by Crippen LogP contribution is -2.01. The molecule has 1 N–H and O–H groups in total. The molecule has 0 saturated heterocycles. The first-order valence-corrected chi connectivity index (χ1v) is 5.98. The number of carbonyl (C=O) groups is 1. The molecule has 1 aromatic carbocycles. The first kappa shape index (κ1) is 13.9. The largest absolute Gasteiger partial charge is 0.493 e. The van der Waals surface area contributed by atoms with E-state index < -0.39 is 5.97 Å². The number of benzene rings is 1. The maximum atomic E-state index is 10.9. The summed E-state index contributed by atoms with van der Waals surface area (Å²) in [4.78, 5) is 15.1. The van der Waals surface area contributed by atoms with Crippen LogP contribution in [0.1, 0.15) is 27.7 Å². The molecule has 0 radical (unpaired) electrons. The fraction of sp³-hybridized carbons (Fsp3) is 0.286. The number of rotatable bonds is 5. The fourth-order valence-electron chi connectivity index (χ4n) is 1.66. The van der Waals surface area contributed by atoms with E-state index in [2.05, 4.69) is 4.98 Å². The van der Waals surface area contributed by atoms with E-state index in [-0.39, 0.29) is 12.2 Å². The summed E-state index contributed by atoms with van der Waals surface area (Å²) in [6.07, 6.45) is 0. The quantitative estimate of drug-likeness (QED) is 0.904. The Kier molecular flexibility index (Phi) is 3.93. The minimum atomic E-state index is -1.02. The van der Waals surface area contributed by atoms with Gasteiger partial charge in [0.15, 0.2) is 18.1 Å². The molecule has 0 bridgehead atoms. The molecule has 0 aliphatic carbocycles. The molecule has 0 atom stereocenters. The second-order valence-electron chi connectivity index (χ2n) is 4.21. The Morgan fingerprint density at radius 3 is 2.65 bits per heavy atom. The number of aromatic carboxylic acids is 1. The molecule has 6 heteroatoms. The maximum Gasteiger partial charge on any atom is 0.335 e. The first-order valence-electron chi connectivity index (χ1n) is 5.98. The van der Waals surface area contributed by atoms with Crippen LogP contribution in [0.15, 0.2) is 22.6 Å². The summed E-state index contributed by atoms with van der Waals surface area (Å²) in [5.74, 6) is 0.978. The lowest BCUT2D eigenvalue weighted by atomic mass is 10.2.